The molecule has 114 valence electrons. The van der Waals surface area contributed by atoms with E-state index < -0.39 is 12.3 Å². The molecule has 0 aliphatic rings. The molecule has 1 atom stereocenters. The largest absolute Gasteiger partial charge is 0.506 e. The first-order chi connectivity index (χ1) is 10.2. The Morgan fingerprint density at radius 2 is 1.95 bits per heavy atom. The van der Waals surface area contributed by atoms with Crippen molar-refractivity contribution in [2.24, 2.45) is 0 Å². The quantitative estimate of drug-likeness (QED) is 0.389. The summed E-state index contributed by atoms with van der Waals surface area (Å²) in [5.41, 5.74) is 0.675. The summed E-state index contributed by atoms with van der Waals surface area (Å²) in [7, 11) is 0. The number of nitrogens with zero attached hydrogens (tertiary/aromatic N) is 1. The lowest BCUT2D eigenvalue weighted by atomic mass is 10.0. The molecule has 0 amide bonds. The van der Waals surface area contributed by atoms with E-state index in [1.165, 1.54) is 12.8 Å². The maximum absolute atomic E-state index is 10.8. The molecule has 21 heavy (non-hydrogen) atoms. The highest BCUT2D eigenvalue weighted by atomic mass is 16.7. The third kappa shape index (κ3) is 7.98. The molecule has 4 nitrogen and oxygen atoms in total. The Morgan fingerprint density at radius 1 is 1.24 bits per heavy atom. The molecule has 1 aromatic rings. The van der Waals surface area contributed by atoms with Crippen molar-refractivity contribution in [3.8, 4) is 12.3 Å². The van der Waals surface area contributed by atoms with Crippen LogP contribution in [0.1, 0.15) is 63.2 Å². The fraction of sp³-hybridized carbons (Fsp3) is 0.529. The molecule has 1 heterocycles. The van der Waals surface area contributed by atoms with Gasteiger partial charge in [-0.15, -0.1) is 12.3 Å². The fourth-order valence-corrected chi connectivity index (χ4v) is 2.22. The van der Waals surface area contributed by atoms with Gasteiger partial charge in [0.05, 0.1) is 5.69 Å². The van der Waals surface area contributed by atoms with Gasteiger partial charge in [-0.2, -0.15) is 0 Å². The third-order valence-corrected chi connectivity index (χ3v) is 3.30. The van der Waals surface area contributed by atoms with E-state index in [1.54, 1.807) is 18.3 Å². The van der Waals surface area contributed by atoms with Crippen LogP contribution in [-0.2, 0) is 4.74 Å². The number of carboxylic acid groups (broad SMARTS) is 1. The van der Waals surface area contributed by atoms with Gasteiger partial charge in [-0.25, -0.2) is 4.79 Å². The number of aromatic nitrogens is 1. The predicted molar refractivity (Wildman–Crippen MR) is 81.9 cm³/mol. The highest BCUT2D eigenvalue weighted by Crippen LogP contribution is 2.22. The van der Waals surface area contributed by atoms with E-state index in [9.17, 15) is 4.79 Å². The van der Waals surface area contributed by atoms with Crippen molar-refractivity contribution < 1.29 is 14.6 Å². The van der Waals surface area contributed by atoms with E-state index in [1.807, 2.05) is 6.07 Å². The second-order valence-corrected chi connectivity index (χ2v) is 4.99. The Balaban J connectivity index is 2.25. The number of hydrogen-bond donors (Lipinski definition) is 1. The zero-order chi connectivity index (χ0) is 15.3. The van der Waals surface area contributed by atoms with Crippen LogP contribution in [-0.4, -0.2) is 16.2 Å². The molecule has 0 saturated carbocycles. The van der Waals surface area contributed by atoms with Gasteiger partial charge in [0.25, 0.3) is 0 Å². The van der Waals surface area contributed by atoms with E-state index in [2.05, 4.69) is 10.9 Å². The van der Waals surface area contributed by atoms with Crippen molar-refractivity contribution >= 4 is 6.16 Å². The number of carbonyl (C=O) groups is 1. The number of terminal acetylenes is 1. The first kappa shape index (κ1) is 17.0. The fourth-order valence-electron chi connectivity index (χ4n) is 2.22. The summed E-state index contributed by atoms with van der Waals surface area (Å²) in [4.78, 5) is 14.9. The highest BCUT2D eigenvalue weighted by Gasteiger charge is 2.16. The van der Waals surface area contributed by atoms with E-state index >= 15 is 0 Å². The van der Waals surface area contributed by atoms with Crippen molar-refractivity contribution in [2.75, 3.05) is 0 Å². The average molecular weight is 289 g/mol. The van der Waals surface area contributed by atoms with Crippen molar-refractivity contribution in [1.29, 1.82) is 0 Å². The summed E-state index contributed by atoms with van der Waals surface area (Å²) < 4.78 is 4.93. The minimum absolute atomic E-state index is 0.467. The lowest BCUT2D eigenvalue weighted by molar-refractivity contribution is 0.0446. The van der Waals surface area contributed by atoms with Gasteiger partial charge in [0, 0.05) is 12.6 Å². The maximum atomic E-state index is 10.8. The first-order valence-electron chi connectivity index (χ1n) is 7.48. The number of hydrogen-bond acceptors (Lipinski definition) is 3. The second-order valence-electron chi connectivity index (χ2n) is 4.99. The van der Waals surface area contributed by atoms with Gasteiger partial charge in [0.1, 0.15) is 6.10 Å². The molecule has 0 fully saturated rings. The molecule has 4 heteroatoms. The van der Waals surface area contributed by atoms with Crippen LogP contribution >= 0.6 is 0 Å². The molecular formula is C17H23NO3. The van der Waals surface area contributed by atoms with Crippen LogP contribution in [0.15, 0.2) is 24.4 Å². The van der Waals surface area contributed by atoms with Crippen molar-refractivity contribution in [1.82, 2.24) is 4.98 Å². The molecule has 1 rings (SSSR count). The summed E-state index contributed by atoms with van der Waals surface area (Å²) >= 11 is 0. The van der Waals surface area contributed by atoms with Crippen LogP contribution in [0.5, 0.6) is 0 Å². The van der Waals surface area contributed by atoms with Crippen LogP contribution in [0.25, 0.3) is 0 Å². The van der Waals surface area contributed by atoms with E-state index in [0.717, 1.165) is 32.1 Å². The molecule has 0 radical (unpaired) electrons. The van der Waals surface area contributed by atoms with Crippen LogP contribution in [0, 0.1) is 12.3 Å². The van der Waals surface area contributed by atoms with Gasteiger partial charge in [-0.1, -0.05) is 31.7 Å². The van der Waals surface area contributed by atoms with Crippen LogP contribution in [0.3, 0.4) is 0 Å². The summed E-state index contributed by atoms with van der Waals surface area (Å²) in [6.07, 6.45) is 13.3. The number of pyridine rings is 1. The minimum atomic E-state index is -1.25. The average Bonchev–Trinajstić information content (AvgIpc) is 2.49. The Hall–Kier alpha value is -2.02. The molecule has 1 unspecified atom stereocenters. The van der Waals surface area contributed by atoms with Crippen molar-refractivity contribution in [3.05, 3.63) is 30.1 Å². The van der Waals surface area contributed by atoms with Crippen molar-refractivity contribution in [2.45, 2.75) is 57.5 Å². The zero-order valence-corrected chi connectivity index (χ0v) is 12.3. The summed E-state index contributed by atoms with van der Waals surface area (Å²) in [6, 6.07) is 5.44. The summed E-state index contributed by atoms with van der Waals surface area (Å²) in [6.45, 7) is 0. The van der Waals surface area contributed by atoms with E-state index in [0.29, 0.717) is 12.1 Å². The van der Waals surface area contributed by atoms with Gasteiger partial charge in [-0.3, -0.25) is 4.98 Å². The maximum Gasteiger partial charge on any atom is 0.506 e. The standard InChI is InChI=1S/C17H23NO3/c1-2-3-4-5-6-7-8-9-13-16(21-17(19)20)15-12-10-11-14-18-15/h1,10-12,14,16H,3-9,13H2,(H,19,20). The Labute approximate surface area is 126 Å². The zero-order valence-electron chi connectivity index (χ0n) is 12.3. The number of unbranched alkanes of at least 4 members (excludes halogenated alkanes) is 6. The molecule has 0 aliphatic carbocycles. The molecule has 0 spiro atoms. The predicted octanol–water partition coefficient (Wildman–Crippen LogP) is 4.57. The monoisotopic (exact) mass is 289 g/mol. The Kier molecular flexibility index (Phi) is 8.70. The first-order valence-corrected chi connectivity index (χ1v) is 7.48. The van der Waals surface area contributed by atoms with Crippen LogP contribution in [0.2, 0.25) is 0 Å². The normalized spacial score (nSPS) is 11.6. The van der Waals surface area contributed by atoms with E-state index in [4.69, 9.17) is 16.3 Å². The topological polar surface area (TPSA) is 59.4 Å². The van der Waals surface area contributed by atoms with Gasteiger partial charge < -0.3 is 9.84 Å². The summed E-state index contributed by atoms with van der Waals surface area (Å²) in [5, 5.41) is 8.80. The molecule has 0 bridgehead atoms. The number of ether oxygens (including phenoxy) is 1. The van der Waals surface area contributed by atoms with Crippen LogP contribution in [0.4, 0.5) is 4.79 Å². The molecule has 1 N–H and O–H groups in total. The third-order valence-electron chi connectivity index (χ3n) is 3.30. The van der Waals surface area contributed by atoms with Gasteiger partial charge >= 0.3 is 6.16 Å². The number of rotatable bonds is 10. The van der Waals surface area contributed by atoms with Gasteiger partial charge in [0.15, 0.2) is 0 Å². The molecule has 0 aliphatic heterocycles. The lowest BCUT2D eigenvalue weighted by Gasteiger charge is -2.15. The van der Waals surface area contributed by atoms with E-state index in [-0.39, 0.29) is 0 Å². The Morgan fingerprint density at radius 3 is 2.57 bits per heavy atom. The van der Waals surface area contributed by atoms with Gasteiger partial charge in [-0.05, 0) is 31.4 Å². The molecule has 0 saturated heterocycles. The Bertz CT molecular complexity index is 439. The molecule has 0 aromatic carbocycles. The smallest absolute Gasteiger partial charge is 0.450 e. The SMILES string of the molecule is C#CCCCCCCCCC(OC(=O)O)c1ccccn1. The van der Waals surface area contributed by atoms with Gasteiger partial charge in [0.2, 0.25) is 0 Å². The van der Waals surface area contributed by atoms with Crippen LogP contribution < -0.4 is 0 Å². The lowest BCUT2D eigenvalue weighted by Crippen LogP contribution is -2.10. The van der Waals surface area contributed by atoms with Crippen molar-refractivity contribution in [3.63, 3.8) is 0 Å². The summed E-state index contributed by atoms with van der Waals surface area (Å²) in [5.74, 6) is 2.64. The second kappa shape index (κ2) is 10.7. The highest BCUT2D eigenvalue weighted by molar-refractivity contribution is 5.57. The molecular weight excluding hydrogens is 266 g/mol. The minimum Gasteiger partial charge on any atom is -0.450 e. The molecule has 1 aromatic heterocycles.